The van der Waals surface area contributed by atoms with Gasteiger partial charge in [-0.05, 0) is 110 Å². The van der Waals surface area contributed by atoms with E-state index >= 15 is 0 Å². The molecule has 0 saturated heterocycles. The summed E-state index contributed by atoms with van der Waals surface area (Å²) in [6.45, 7) is 4.10. The predicted octanol–water partition coefficient (Wildman–Crippen LogP) is 6.88. The van der Waals surface area contributed by atoms with Gasteiger partial charge in [-0.15, -0.1) is 0 Å². The third-order valence-electron chi connectivity index (χ3n) is 7.04. The molecule has 0 aliphatic heterocycles. The van der Waals surface area contributed by atoms with E-state index in [0.29, 0.717) is 23.6 Å². The van der Waals surface area contributed by atoms with Crippen molar-refractivity contribution in [1.82, 2.24) is 4.98 Å². The van der Waals surface area contributed by atoms with Gasteiger partial charge in [0, 0.05) is 15.9 Å². The first-order valence-electron chi connectivity index (χ1n) is 13.5. The van der Waals surface area contributed by atoms with Crippen LogP contribution in [0.2, 0.25) is 0 Å². The van der Waals surface area contributed by atoms with E-state index in [1.165, 1.54) is 28.3 Å². The van der Waals surface area contributed by atoms with E-state index in [2.05, 4.69) is 21.1 Å². The number of hydrogen-bond donors (Lipinski definition) is 1. The van der Waals surface area contributed by atoms with Crippen LogP contribution in [0.15, 0.2) is 35.1 Å². The van der Waals surface area contributed by atoms with Crippen molar-refractivity contribution in [3.63, 3.8) is 0 Å². The first-order valence-corrected chi connectivity index (χ1v) is 13.5. The fraction of sp³-hybridized carbons (Fsp3) is 0.419. The highest BCUT2D eigenvalue weighted by Crippen LogP contribution is 2.36. The van der Waals surface area contributed by atoms with Crippen LogP contribution in [0, 0.1) is 0 Å². The Balaban J connectivity index is 0.000000221. The Morgan fingerprint density at radius 1 is 0.927 bits per heavy atom. The number of H-pyrrole nitrogens is 1. The highest BCUT2D eigenvalue weighted by atomic mass is 16.5. The molecule has 0 bridgehead atoms. The normalized spacial score (nSPS) is 13.1. The molecule has 3 aromatic rings. The number of aryl methyl sites for hydroxylation is 4. The molecule has 5 rings (SSSR count). The van der Waals surface area contributed by atoms with Crippen LogP contribution in [0.3, 0.4) is 0 Å². The number of hydrogen-bond acceptors (Lipinski definition) is 7. The quantitative estimate of drug-likeness (QED) is 0.105. The molecule has 0 unspecified atom stereocenters. The minimum Gasteiger partial charge on any atom is -0.496 e. The van der Waals surface area contributed by atoms with E-state index in [4.69, 9.17) is 24.5 Å². The fourth-order valence-corrected chi connectivity index (χ4v) is 5.26. The van der Waals surface area contributed by atoms with Crippen LogP contribution in [-0.2, 0) is 40.0 Å². The van der Waals surface area contributed by atoms with Gasteiger partial charge in [0.2, 0.25) is 0 Å². The Morgan fingerprint density at radius 3 is 2.22 bits per heavy atom. The second kappa shape index (κ2) is 14.3. The molecule has 2 aliphatic rings. The number of benzene rings is 2. The van der Waals surface area contributed by atoms with Gasteiger partial charge in [-0.1, -0.05) is 12.5 Å². The summed E-state index contributed by atoms with van der Waals surface area (Å²) in [6.07, 6.45) is 7.97. The lowest BCUT2D eigenvalue weighted by atomic mass is 10.0. The van der Waals surface area contributed by atoms with Crippen molar-refractivity contribution in [2.24, 2.45) is 5.11 Å². The standard InChI is InChI=1S/C15H17N3O3.C15H17NO3.CH4/c1-3-21-15(19)13(17-18-16)8-12-7-10-5-4-6-11(10)9-14(12)20-2;1-3-19-15(17)12-8-11-13(18-2)7-9-5-4-6-10(9)14(11)16-12;/h7-9H,3-6H2,1-2H3;7-8,16H,3-6H2,1-2H3;1H4/b13-8-;;. The fourth-order valence-electron chi connectivity index (χ4n) is 5.26. The minimum atomic E-state index is -0.641. The number of rotatable bonds is 8. The Morgan fingerprint density at radius 2 is 1.56 bits per heavy atom. The molecule has 0 amide bonds. The summed E-state index contributed by atoms with van der Waals surface area (Å²) in [6, 6.07) is 7.87. The van der Waals surface area contributed by atoms with E-state index < -0.39 is 5.97 Å². The van der Waals surface area contributed by atoms with Crippen molar-refractivity contribution < 1.29 is 28.5 Å². The number of esters is 2. The average molecular weight is 563 g/mol. The van der Waals surface area contributed by atoms with Gasteiger partial charge < -0.3 is 23.9 Å². The molecule has 10 heteroatoms. The molecule has 1 heterocycles. The Labute approximate surface area is 240 Å². The number of aromatic nitrogens is 1. The largest absolute Gasteiger partial charge is 0.496 e. The molecule has 1 N–H and O–H groups in total. The van der Waals surface area contributed by atoms with Gasteiger partial charge in [-0.3, -0.25) is 0 Å². The van der Waals surface area contributed by atoms with Gasteiger partial charge in [0.25, 0.3) is 0 Å². The van der Waals surface area contributed by atoms with Crippen molar-refractivity contribution in [2.45, 2.75) is 59.8 Å². The molecule has 2 aromatic carbocycles. The summed E-state index contributed by atoms with van der Waals surface area (Å²) >= 11 is 0. The summed E-state index contributed by atoms with van der Waals surface area (Å²) in [5.74, 6) is 0.526. The maximum absolute atomic E-state index is 11.8. The summed E-state index contributed by atoms with van der Waals surface area (Å²) in [5, 5.41) is 4.38. The van der Waals surface area contributed by atoms with Gasteiger partial charge >= 0.3 is 11.9 Å². The lowest BCUT2D eigenvalue weighted by Gasteiger charge is -2.09. The lowest BCUT2D eigenvalue weighted by molar-refractivity contribution is -0.138. The second-order valence-electron chi connectivity index (χ2n) is 9.42. The molecule has 218 valence electrons. The van der Waals surface area contributed by atoms with Gasteiger partial charge in [0.05, 0.1) is 33.0 Å². The smallest absolute Gasteiger partial charge is 0.354 e. The predicted molar refractivity (Wildman–Crippen MR) is 158 cm³/mol. The van der Waals surface area contributed by atoms with Crippen molar-refractivity contribution in [3.05, 3.63) is 73.9 Å². The summed E-state index contributed by atoms with van der Waals surface area (Å²) < 4.78 is 20.7. The summed E-state index contributed by atoms with van der Waals surface area (Å²) in [5.41, 5.74) is 15.9. The molecule has 0 spiro atoms. The summed E-state index contributed by atoms with van der Waals surface area (Å²) in [4.78, 5) is 29.5. The van der Waals surface area contributed by atoms with Crippen LogP contribution in [0.25, 0.3) is 27.4 Å². The Hall–Kier alpha value is -4.43. The van der Waals surface area contributed by atoms with E-state index in [1.54, 1.807) is 28.1 Å². The van der Waals surface area contributed by atoms with Crippen molar-refractivity contribution in [1.29, 1.82) is 0 Å². The maximum Gasteiger partial charge on any atom is 0.354 e. The number of nitrogens with zero attached hydrogens (tertiary/aromatic N) is 3. The average Bonchev–Trinajstić information content (AvgIpc) is 3.71. The van der Waals surface area contributed by atoms with Crippen LogP contribution < -0.4 is 9.47 Å². The number of fused-ring (bicyclic) bond motifs is 4. The molecule has 0 radical (unpaired) electrons. The molecule has 0 atom stereocenters. The zero-order chi connectivity index (χ0) is 28.6. The molecule has 2 aliphatic carbocycles. The van der Waals surface area contributed by atoms with E-state index in [9.17, 15) is 9.59 Å². The van der Waals surface area contributed by atoms with Crippen LogP contribution in [0.4, 0.5) is 0 Å². The van der Waals surface area contributed by atoms with Crippen molar-refractivity contribution in [2.75, 3.05) is 27.4 Å². The van der Waals surface area contributed by atoms with E-state index in [0.717, 1.165) is 55.2 Å². The summed E-state index contributed by atoms with van der Waals surface area (Å²) in [7, 11) is 3.23. The van der Waals surface area contributed by atoms with Gasteiger partial charge in [0.15, 0.2) is 0 Å². The Bertz CT molecular complexity index is 1500. The number of methoxy groups -OCH3 is 2. The molecule has 41 heavy (non-hydrogen) atoms. The van der Waals surface area contributed by atoms with Crippen LogP contribution >= 0.6 is 0 Å². The highest BCUT2D eigenvalue weighted by Gasteiger charge is 2.21. The SMILES string of the molecule is C.CCOC(=O)/C(=C/c1cc2c(cc1OC)CCC2)N=[N+]=[N-].CCOC(=O)c1cc2c(OC)cc3c(c2[nH]1)CCC3. The first kappa shape index (κ1) is 31.1. The molecule has 0 fully saturated rings. The maximum atomic E-state index is 11.8. The molecular weight excluding hydrogens is 524 g/mol. The number of carbonyl (C=O) groups is 2. The molecule has 0 saturated carbocycles. The molecule has 10 nitrogen and oxygen atoms in total. The number of nitrogens with one attached hydrogen (secondary N) is 1. The van der Waals surface area contributed by atoms with E-state index in [-0.39, 0.29) is 25.7 Å². The van der Waals surface area contributed by atoms with Crippen LogP contribution in [-0.4, -0.2) is 44.4 Å². The van der Waals surface area contributed by atoms with Gasteiger partial charge in [-0.25, -0.2) is 9.59 Å². The Kier molecular flexibility index (Phi) is 10.8. The molecule has 1 aromatic heterocycles. The van der Waals surface area contributed by atoms with Crippen LogP contribution in [0.5, 0.6) is 11.5 Å². The van der Waals surface area contributed by atoms with Gasteiger partial charge in [0.1, 0.15) is 22.9 Å². The first-order chi connectivity index (χ1) is 19.4. The number of ether oxygens (including phenoxy) is 4. The van der Waals surface area contributed by atoms with Gasteiger partial charge in [-0.2, -0.15) is 0 Å². The number of azide groups is 1. The number of carbonyl (C=O) groups excluding carboxylic acids is 2. The topological polar surface area (TPSA) is 136 Å². The number of aromatic amines is 1. The monoisotopic (exact) mass is 562 g/mol. The second-order valence-corrected chi connectivity index (χ2v) is 9.42. The zero-order valence-corrected chi connectivity index (χ0v) is 23.3. The minimum absolute atomic E-state index is 0. The highest BCUT2D eigenvalue weighted by molar-refractivity contribution is 5.99. The van der Waals surface area contributed by atoms with E-state index in [1.807, 2.05) is 18.2 Å². The third-order valence-corrected chi connectivity index (χ3v) is 7.04. The zero-order valence-electron chi connectivity index (χ0n) is 23.3. The molecular formula is C31H38N4O6. The van der Waals surface area contributed by atoms with Crippen molar-refractivity contribution >= 4 is 28.9 Å². The lowest BCUT2D eigenvalue weighted by Crippen LogP contribution is -2.05. The third kappa shape index (κ3) is 6.84. The van der Waals surface area contributed by atoms with Crippen LogP contribution in [0.1, 0.15) is 72.4 Å². The van der Waals surface area contributed by atoms with Crippen molar-refractivity contribution in [3.8, 4) is 11.5 Å².